The molecule has 1 rings (SSSR count). The van der Waals surface area contributed by atoms with E-state index >= 15 is 0 Å². The lowest BCUT2D eigenvalue weighted by Gasteiger charge is -2.17. The minimum atomic E-state index is -1.78. The molecule has 2 atom stereocenters. The van der Waals surface area contributed by atoms with Crippen LogP contribution in [0.2, 0.25) is 0 Å². The molecular weight excluding hydrogens is 252 g/mol. The second kappa shape index (κ2) is 5.80. The van der Waals surface area contributed by atoms with Gasteiger partial charge in [-0.25, -0.2) is 8.78 Å². The fourth-order valence-electron chi connectivity index (χ4n) is 1.44. The molecule has 6 nitrogen and oxygen atoms in total. The van der Waals surface area contributed by atoms with Gasteiger partial charge in [-0.1, -0.05) is 0 Å². The SMILES string of the molecule is O=[N+]([O-])c1cc(F)c(F)cc1C(O)C(O)CCO. The van der Waals surface area contributed by atoms with Crippen molar-refractivity contribution < 1.29 is 29.0 Å². The Kier molecular flexibility index (Phi) is 4.65. The third-order valence-electron chi connectivity index (χ3n) is 2.37. The second-order valence-corrected chi connectivity index (χ2v) is 3.61. The van der Waals surface area contributed by atoms with Gasteiger partial charge in [0.25, 0.3) is 5.69 Å². The van der Waals surface area contributed by atoms with Crippen LogP contribution in [0.15, 0.2) is 12.1 Å². The summed E-state index contributed by atoms with van der Waals surface area (Å²) in [6.45, 7) is -0.463. The second-order valence-electron chi connectivity index (χ2n) is 3.61. The van der Waals surface area contributed by atoms with Crippen LogP contribution in [0.5, 0.6) is 0 Å². The summed E-state index contributed by atoms with van der Waals surface area (Å²) in [4.78, 5) is 9.65. The fourth-order valence-corrected chi connectivity index (χ4v) is 1.44. The highest BCUT2D eigenvalue weighted by molar-refractivity contribution is 5.42. The predicted molar refractivity (Wildman–Crippen MR) is 55.7 cm³/mol. The highest BCUT2D eigenvalue weighted by Gasteiger charge is 2.28. The summed E-state index contributed by atoms with van der Waals surface area (Å²) < 4.78 is 25.9. The molecule has 0 saturated heterocycles. The number of aliphatic hydroxyl groups is 3. The topological polar surface area (TPSA) is 104 Å². The molecule has 0 aliphatic rings. The lowest BCUT2D eigenvalue weighted by atomic mass is 10.0. The van der Waals surface area contributed by atoms with Crippen LogP contribution in [-0.2, 0) is 0 Å². The average Bonchev–Trinajstić information content (AvgIpc) is 2.31. The van der Waals surface area contributed by atoms with E-state index in [0.29, 0.717) is 12.1 Å². The van der Waals surface area contributed by atoms with Gasteiger partial charge in [-0.2, -0.15) is 0 Å². The van der Waals surface area contributed by atoms with E-state index in [2.05, 4.69) is 0 Å². The zero-order chi connectivity index (χ0) is 13.9. The number of benzene rings is 1. The fraction of sp³-hybridized carbons (Fsp3) is 0.400. The van der Waals surface area contributed by atoms with Gasteiger partial charge in [0.05, 0.1) is 22.7 Å². The van der Waals surface area contributed by atoms with Gasteiger partial charge in [-0.05, 0) is 12.5 Å². The molecule has 0 saturated carbocycles. The number of nitro benzene ring substituents is 1. The number of hydrogen-bond acceptors (Lipinski definition) is 5. The third kappa shape index (κ3) is 2.97. The summed E-state index contributed by atoms with van der Waals surface area (Å²) in [6, 6.07) is 0.790. The average molecular weight is 263 g/mol. The number of aliphatic hydroxyl groups excluding tert-OH is 3. The predicted octanol–water partition coefficient (Wildman–Crippen LogP) is 0.650. The van der Waals surface area contributed by atoms with E-state index in [9.17, 15) is 29.1 Å². The first-order valence-electron chi connectivity index (χ1n) is 4.98. The molecule has 18 heavy (non-hydrogen) atoms. The standard InChI is InChI=1S/C10H11F2NO5/c11-6-3-5(10(16)9(15)1-2-14)8(13(17)18)4-7(6)12/h3-4,9-10,14-16H,1-2H2. The molecule has 0 amide bonds. The molecule has 1 aromatic rings. The van der Waals surface area contributed by atoms with Crippen LogP contribution in [0.1, 0.15) is 18.1 Å². The minimum Gasteiger partial charge on any atom is -0.396 e. The molecule has 8 heteroatoms. The van der Waals surface area contributed by atoms with Crippen LogP contribution in [0, 0.1) is 21.7 Å². The van der Waals surface area contributed by atoms with Crippen molar-refractivity contribution in [3.05, 3.63) is 39.4 Å². The van der Waals surface area contributed by atoms with Crippen molar-refractivity contribution in [3.63, 3.8) is 0 Å². The zero-order valence-electron chi connectivity index (χ0n) is 9.08. The molecule has 0 aliphatic carbocycles. The molecule has 0 aromatic heterocycles. The van der Waals surface area contributed by atoms with Gasteiger partial charge < -0.3 is 15.3 Å². The third-order valence-corrected chi connectivity index (χ3v) is 2.37. The summed E-state index contributed by atoms with van der Waals surface area (Å²) in [5, 5.41) is 38.2. The maximum Gasteiger partial charge on any atom is 0.278 e. The van der Waals surface area contributed by atoms with Gasteiger partial charge in [0.15, 0.2) is 11.6 Å². The molecule has 1 aromatic carbocycles. The quantitative estimate of drug-likeness (QED) is 0.534. The maximum absolute atomic E-state index is 13.0. The maximum atomic E-state index is 13.0. The molecular formula is C10H11F2NO5. The Balaban J connectivity index is 3.21. The van der Waals surface area contributed by atoms with E-state index in [1.165, 1.54) is 0 Å². The molecule has 0 spiro atoms. The largest absolute Gasteiger partial charge is 0.396 e. The Hall–Kier alpha value is -1.64. The monoisotopic (exact) mass is 263 g/mol. The van der Waals surface area contributed by atoms with Crippen LogP contribution >= 0.6 is 0 Å². The van der Waals surface area contributed by atoms with Crippen molar-refractivity contribution in [1.29, 1.82) is 0 Å². The van der Waals surface area contributed by atoms with E-state index < -0.39 is 46.6 Å². The van der Waals surface area contributed by atoms with E-state index in [1.807, 2.05) is 0 Å². The first kappa shape index (κ1) is 14.4. The highest BCUT2D eigenvalue weighted by Crippen LogP contribution is 2.30. The molecule has 3 N–H and O–H groups in total. The molecule has 0 aliphatic heterocycles. The van der Waals surface area contributed by atoms with Gasteiger partial charge in [-0.3, -0.25) is 10.1 Å². The van der Waals surface area contributed by atoms with Crippen molar-refractivity contribution in [1.82, 2.24) is 0 Å². The molecule has 0 bridgehead atoms. The van der Waals surface area contributed by atoms with Gasteiger partial charge in [0.1, 0.15) is 6.10 Å². The summed E-state index contributed by atoms with van der Waals surface area (Å²) in [6.07, 6.45) is -3.55. The van der Waals surface area contributed by atoms with E-state index in [0.717, 1.165) is 0 Å². The molecule has 0 radical (unpaired) electrons. The lowest BCUT2D eigenvalue weighted by Crippen LogP contribution is -2.20. The number of hydrogen-bond donors (Lipinski definition) is 3. The Morgan fingerprint density at radius 3 is 2.33 bits per heavy atom. The van der Waals surface area contributed by atoms with Crippen LogP contribution < -0.4 is 0 Å². The Morgan fingerprint density at radius 2 is 1.83 bits per heavy atom. The van der Waals surface area contributed by atoms with Crippen molar-refractivity contribution in [2.45, 2.75) is 18.6 Å². The van der Waals surface area contributed by atoms with Crippen LogP contribution in [0.4, 0.5) is 14.5 Å². The summed E-state index contributed by atoms with van der Waals surface area (Å²) in [5.41, 5.74) is -1.38. The van der Waals surface area contributed by atoms with Crippen LogP contribution in [0.25, 0.3) is 0 Å². The summed E-state index contributed by atoms with van der Waals surface area (Å²) in [7, 11) is 0. The Bertz CT molecular complexity index is 454. The normalized spacial score (nSPS) is 14.3. The smallest absolute Gasteiger partial charge is 0.278 e. The molecule has 100 valence electrons. The van der Waals surface area contributed by atoms with Crippen LogP contribution in [0.3, 0.4) is 0 Å². The van der Waals surface area contributed by atoms with Crippen LogP contribution in [-0.4, -0.2) is 33.0 Å². The van der Waals surface area contributed by atoms with Crippen molar-refractivity contribution >= 4 is 5.69 Å². The van der Waals surface area contributed by atoms with Gasteiger partial charge in [-0.15, -0.1) is 0 Å². The number of nitrogens with zero attached hydrogens (tertiary/aromatic N) is 1. The van der Waals surface area contributed by atoms with E-state index in [4.69, 9.17) is 5.11 Å². The highest BCUT2D eigenvalue weighted by atomic mass is 19.2. The first-order chi connectivity index (χ1) is 8.38. The summed E-state index contributed by atoms with van der Waals surface area (Å²) in [5.74, 6) is -2.79. The van der Waals surface area contributed by atoms with E-state index in [-0.39, 0.29) is 6.42 Å². The molecule has 0 heterocycles. The zero-order valence-corrected chi connectivity index (χ0v) is 9.08. The van der Waals surface area contributed by atoms with Crippen molar-refractivity contribution in [2.75, 3.05) is 6.61 Å². The minimum absolute atomic E-state index is 0.253. The molecule has 2 unspecified atom stereocenters. The Labute approximate surface area is 100 Å². The van der Waals surface area contributed by atoms with Crippen molar-refractivity contribution in [2.24, 2.45) is 0 Å². The number of halogens is 2. The Morgan fingerprint density at radius 1 is 1.28 bits per heavy atom. The van der Waals surface area contributed by atoms with E-state index in [1.54, 1.807) is 0 Å². The number of nitro groups is 1. The van der Waals surface area contributed by atoms with Gasteiger partial charge in [0.2, 0.25) is 0 Å². The summed E-state index contributed by atoms with van der Waals surface area (Å²) >= 11 is 0. The van der Waals surface area contributed by atoms with Crippen molar-refractivity contribution in [3.8, 4) is 0 Å². The lowest BCUT2D eigenvalue weighted by molar-refractivity contribution is -0.386. The number of rotatable bonds is 5. The van der Waals surface area contributed by atoms with Gasteiger partial charge in [0, 0.05) is 6.61 Å². The molecule has 0 fully saturated rings. The first-order valence-corrected chi connectivity index (χ1v) is 4.98. The van der Waals surface area contributed by atoms with Gasteiger partial charge >= 0.3 is 0 Å².